The van der Waals surface area contributed by atoms with Gasteiger partial charge in [-0.1, -0.05) is 41.4 Å². The van der Waals surface area contributed by atoms with Crippen LogP contribution in [0.25, 0.3) is 0 Å². The van der Waals surface area contributed by atoms with Crippen LogP contribution in [0.15, 0.2) is 71.4 Å². The highest BCUT2D eigenvalue weighted by atomic mass is 35.5. The lowest BCUT2D eigenvalue weighted by atomic mass is 10.0. The predicted molar refractivity (Wildman–Crippen MR) is 139 cm³/mol. The summed E-state index contributed by atoms with van der Waals surface area (Å²) in [5.74, 6) is -3.22. The molecule has 0 atom stereocenters. The number of hydrogen-bond acceptors (Lipinski definition) is 7. The van der Waals surface area contributed by atoms with E-state index >= 15 is 0 Å². The Morgan fingerprint density at radius 3 is 2.35 bits per heavy atom. The van der Waals surface area contributed by atoms with Crippen LogP contribution in [0.5, 0.6) is 0 Å². The Morgan fingerprint density at radius 1 is 1.05 bits per heavy atom. The second kappa shape index (κ2) is 14.4. The van der Waals surface area contributed by atoms with E-state index in [4.69, 9.17) is 38.2 Å². The number of amides is 1. The molecule has 0 saturated heterocycles. The topological polar surface area (TPSA) is 154 Å². The molecule has 0 spiro atoms. The fraction of sp³-hybridized carbons (Fsp3) is 0.160. The minimum absolute atomic E-state index is 0.0858. The Balaban J connectivity index is 0.000000521. The first kappa shape index (κ1) is 29.1. The second-order valence-electron chi connectivity index (χ2n) is 7.29. The number of anilines is 1. The van der Waals surface area contributed by atoms with E-state index in [1.165, 1.54) is 13.0 Å². The third-order valence-corrected chi connectivity index (χ3v) is 5.01. The Kier molecular flexibility index (Phi) is 11.3. The number of nitrogens with one attached hydrogen (secondary N) is 2. The number of esters is 1. The number of aliphatic imine (C=N–C) groups is 1. The first-order valence-corrected chi connectivity index (χ1v) is 11.4. The van der Waals surface area contributed by atoms with E-state index in [0.29, 0.717) is 33.6 Å². The molecule has 0 saturated carbocycles. The molecule has 2 aromatic carbocycles. The van der Waals surface area contributed by atoms with Crippen LogP contribution in [0.1, 0.15) is 18.1 Å². The normalized spacial score (nSPS) is 13.3. The predicted octanol–water partition coefficient (Wildman–Crippen LogP) is 3.53. The zero-order chi connectivity index (χ0) is 27.4. The molecule has 0 aromatic heterocycles. The zero-order valence-corrected chi connectivity index (χ0v) is 21.0. The van der Waals surface area contributed by atoms with Gasteiger partial charge in [-0.15, -0.1) is 0 Å². The smallest absolute Gasteiger partial charge is 0.332 e. The number of carboxylic acid groups (broad SMARTS) is 2. The lowest BCUT2D eigenvalue weighted by molar-refractivity contribution is -0.138. The Hall–Kier alpha value is -4.15. The first-order chi connectivity index (χ1) is 17.6. The number of carbonyl (C=O) groups is 4. The number of carbonyl (C=O) groups excluding carboxylic acids is 2. The number of nitrogens with zero attached hydrogens (tertiary/aromatic N) is 1. The van der Waals surface area contributed by atoms with Crippen LogP contribution >= 0.6 is 23.2 Å². The summed E-state index contributed by atoms with van der Waals surface area (Å²) < 4.78 is 5.11. The van der Waals surface area contributed by atoms with Crippen LogP contribution in [0, 0.1) is 0 Å². The van der Waals surface area contributed by atoms with E-state index in [9.17, 15) is 19.2 Å². The molecule has 4 N–H and O–H groups in total. The van der Waals surface area contributed by atoms with Gasteiger partial charge < -0.3 is 25.6 Å². The van der Waals surface area contributed by atoms with Gasteiger partial charge in [0, 0.05) is 57.7 Å². The minimum Gasteiger partial charge on any atom is -0.478 e. The maximum atomic E-state index is 12.1. The lowest BCUT2D eigenvalue weighted by Crippen LogP contribution is -2.25. The SMILES string of the molecule is CC(=O)NCCOC(=O)C=C1CN=C(c2ccccc2Cl)c2cc(Cl)ccc2N1.O=C(O)/C=C\C(=O)O. The number of benzodiazepines with no additional fused rings is 1. The van der Waals surface area contributed by atoms with Crippen molar-refractivity contribution in [1.29, 1.82) is 0 Å². The van der Waals surface area contributed by atoms with E-state index in [1.807, 2.05) is 24.3 Å². The molecule has 12 heteroatoms. The van der Waals surface area contributed by atoms with Crippen molar-refractivity contribution in [3.05, 3.63) is 87.6 Å². The number of rotatable bonds is 7. The average molecular weight is 548 g/mol. The molecule has 0 aliphatic carbocycles. The molecule has 0 fully saturated rings. The van der Waals surface area contributed by atoms with Crippen molar-refractivity contribution in [2.24, 2.45) is 4.99 Å². The maximum absolute atomic E-state index is 12.1. The molecule has 0 unspecified atom stereocenters. The summed E-state index contributed by atoms with van der Waals surface area (Å²) in [6, 6.07) is 12.8. The third kappa shape index (κ3) is 10.2. The molecule has 194 valence electrons. The summed E-state index contributed by atoms with van der Waals surface area (Å²) in [4.78, 5) is 46.7. The number of carboxylic acids is 2. The molecule has 1 amide bonds. The van der Waals surface area contributed by atoms with Crippen molar-refractivity contribution < 1.29 is 34.1 Å². The number of fused-ring (bicyclic) bond motifs is 1. The Bertz CT molecular complexity index is 1260. The van der Waals surface area contributed by atoms with Crippen LogP contribution in [0.3, 0.4) is 0 Å². The Labute approximate surface area is 222 Å². The minimum atomic E-state index is -1.26. The van der Waals surface area contributed by atoms with Gasteiger partial charge in [-0.2, -0.15) is 0 Å². The highest BCUT2D eigenvalue weighted by molar-refractivity contribution is 6.36. The summed E-state index contributed by atoms with van der Waals surface area (Å²) in [6.07, 6.45) is 2.47. The van der Waals surface area contributed by atoms with Crippen LogP contribution in [0.4, 0.5) is 5.69 Å². The van der Waals surface area contributed by atoms with Gasteiger partial charge in [0.1, 0.15) is 6.61 Å². The van der Waals surface area contributed by atoms with Gasteiger partial charge in [-0.05, 0) is 24.3 Å². The van der Waals surface area contributed by atoms with E-state index in [1.54, 1.807) is 18.2 Å². The van der Waals surface area contributed by atoms with E-state index in [-0.39, 0.29) is 25.6 Å². The largest absolute Gasteiger partial charge is 0.478 e. The molecule has 0 radical (unpaired) electrons. The van der Waals surface area contributed by atoms with Gasteiger partial charge in [0.05, 0.1) is 18.8 Å². The van der Waals surface area contributed by atoms with Crippen LogP contribution < -0.4 is 10.6 Å². The van der Waals surface area contributed by atoms with Gasteiger partial charge >= 0.3 is 17.9 Å². The van der Waals surface area contributed by atoms with Gasteiger partial charge in [-0.3, -0.25) is 9.79 Å². The highest BCUT2D eigenvalue weighted by Crippen LogP contribution is 2.30. The van der Waals surface area contributed by atoms with Crippen molar-refractivity contribution >= 4 is 58.4 Å². The van der Waals surface area contributed by atoms with Crippen LogP contribution in [0.2, 0.25) is 10.0 Å². The van der Waals surface area contributed by atoms with Gasteiger partial charge in [-0.25, -0.2) is 14.4 Å². The molecule has 1 heterocycles. The van der Waals surface area contributed by atoms with E-state index in [0.717, 1.165) is 16.8 Å². The molecular formula is C25H23Cl2N3O7. The monoisotopic (exact) mass is 547 g/mol. The van der Waals surface area contributed by atoms with Gasteiger partial charge in [0.25, 0.3) is 0 Å². The molecular weight excluding hydrogens is 525 g/mol. The first-order valence-electron chi connectivity index (χ1n) is 10.7. The lowest BCUT2D eigenvalue weighted by Gasteiger charge is -2.12. The average Bonchev–Trinajstić information content (AvgIpc) is 3.00. The molecule has 3 rings (SSSR count). The molecule has 1 aliphatic rings. The highest BCUT2D eigenvalue weighted by Gasteiger charge is 2.19. The van der Waals surface area contributed by atoms with Crippen LogP contribution in [-0.2, 0) is 23.9 Å². The van der Waals surface area contributed by atoms with Gasteiger partial charge in [0.15, 0.2) is 0 Å². The number of halogens is 2. The standard InChI is InChI=1S/C21H19Cl2N3O3.C4H4O4/c1-13(27)24-8-9-29-20(28)11-15-12-25-21(16-4-2-3-5-18(16)23)17-10-14(22)6-7-19(17)26-15;5-3(6)1-2-4(7)8/h2-7,10-11,26H,8-9,12H2,1H3,(H,24,27);1-2H,(H,5,6)(H,7,8)/b;2-1-. The van der Waals surface area contributed by atoms with Crippen LogP contribution in [-0.4, -0.2) is 59.4 Å². The van der Waals surface area contributed by atoms with Crippen molar-refractivity contribution in [2.45, 2.75) is 6.92 Å². The van der Waals surface area contributed by atoms with E-state index < -0.39 is 17.9 Å². The van der Waals surface area contributed by atoms with Crippen molar-refractivity contribution in [3.8, 4) is 0 Å². The summed E-state index contributed by atoms with van der Waals surface area (Å²) in [6.45, 7) is 1.97. The molecule has 2 aromatic rings. The van der Waals surface area contributed by atoms with Crippen molar-refractivity contribution in [2.75, 3.05) is 25.0 Å². The summed E-state index contributed by atoms with van der Waals surface area (Å²) in [7, 11) is 0. The number of benzene rings is 2. The molecule has 10 nitrogen and oxygen atoms in total. The molecule has 0 bridgehead atoms. The summed E-state index contributed by atoms with van der Waals surface area (Å²) in [5, 5.41) is 22.5. The third-order valence-electron chi connectivity index (χ3n) is 4.45. The quantitative estimate of drug-likeness (QED) is 0.233. The summed E-state index contributed by atoms with van der Waals surface area (Å²) >= 11 is 12.6. The maximum Gasteiger partial charge on any atom is 0.332 e. The van der Waals surface area contributed by atoms with Crippen molar-refractivity contribution in [1.82, 2.24) is 5.32 Å². The fourth-order valence-electron chi connectivity index (χ4n) is 2.95. The van der Waals surface area contributed by atoms with E-state index in [2.05, 4.69) is 15.6 Å². The molecule has 37 heavy (non-hydrogen) atoms. The van der Waals surface area contributed by atoms with Crippen molar-refractivity contribution in [3.63, 3.8) is 0 Å². The summed E-state index contributed by atoms with van der Waals surface area (Å²) in [5.41, 5.74) is 3.57. The molecule has 1 aliphatic heterocycles. The second-order valence-corrected chi connectivity index (χ2v) is 8.13. The zero-order valence-electron chi connectivity index (χ0n) is 19.5. The Morgan fingerprint density at radius 2 is 1.73 bits per heavy atom. The number of hydrogen-bond donors (Lipinski definition) is 4. The fourth-order valence-corrected chi connectivity index (χ4v) is 3.35. The number of ether oxygens (including phenoxy) is 1. The number of aliphatic carboxylic acids is 2. The van der Waals surface area contributed by atoms with Gasteiger partial charge in [0.2, 0.25) is 5.91 Å².